The third-order valence-corrected chi connectivity index (χ3v) is 19.5. The van der Waals surface area contributed by atoms with Crippen LogP contribution in [0.2, 0.25) is 0 Å². The summed E-state index contributed by atoms with van der Waals surface area (Å²) in [6.45, 7) is 11.4. The third kappa shape index (κ3) is 8.03. The fourth-order valence-electron chi connectivity index (χ4n) is 15.1. The molecule has 20 heteroatoms. The number of aliphatic hydroxyl groups excluding tert-OH is 10. The Morgan fingerprint density at radius 1 is 0.632 bits per heavy atom. The van der Waals surface area contributed by atoms with Crippen molar-refractivity contribution in [2.75, 3.05) is 19.8 Å². The van der Waals surface area contributed by atoms with Crippen LogP contribution >= 0.6 is 0 Å². The van der Waals surface area contributed by atoms with Gasteiger partial charge in [0.2, 0.25) is 0 Å². The van der Waals surface area contributed by atoms with Gasteiger partial charge in [-0.2, -0.15) is 0 Å². The number of allylic oxidation sites excluding steroid dienone is 2. The Kier molecular flexibility index (Phi) is 14.3. The largest absolute Gasteiger partial charge is 0.481 e. The summed E-state index contributed by atoms with van der Waals surface area (Å²) in [5.74, 6) is -2.34. The molecule has 20 nitrogen and oxygen atoms in total. The van der Waals surface area contributed by atoms with E-state index in [0.29, 0.717) is 32.1 Å². The molecule has 12 N–H and O–H groups in total. The fourth-order valence-corrected chi connectivity index (χ4v) is 15.1. The molecular weight excluding hydrogens is 897 g/mol. The van der Waals surface area contributed by atoms with Gasteiger partial charge in [0.1, 0.15) is 67.1 Å². The zero-order valence-corrected chi connectivity index (χ0v) is 39.9. The molecular formula is C48H76O20. The molecule has 0 aromatic heterocycles. The maximum Gasteiger partial charge on any atom is 0.335 e. The van der Waals surface area contributed by atoms with Crippen LogP contribution in [0.5, 0.6) is 0 Å². The van der Waals surface area contributed by atoms with Gasteiger partial charge in [0.05, 0.1) is 31.3 Å². The van der Waals surface area contributed by atoms with E-state index in [2.05, 4.69) is 40.7 Å². The van der Waals surface area contributed by atoms with Gasteiger partial charge < -0.3 is 89.7 Å². The van der Waals surface area contributed by atoms with Crippen molar-refractivity contribution in [2.24, 2.45) is 50.2 Å². The molecule has 0 spiro atoms. The first kappa shape index (κ1) is 52.4. The van der Waals surface area contributed by atoms with Gasteiger partial charge in [-0.25, -0.2) is 4.79 Å². The minimum Gasteiger partial charge on any atom is -0.481 e. The van der Waals surface area contributed by atoms with E-state index in [0.717, 1.165) is 32.1 Å². The summed E-state index contributed by atoms with van der Waals surface area (Å²) in [7, 11) is 0. The second-order valence-electron chi connectivity index (χ2n) is 23.4. The fraction of sp³-hybridized carbons (Fsp3) is 0.917. The van der Waals surface area contributed by atoms with Crippen LogP contribution in [0.3, 0.4) is 0 Å². The lowest BCUT2D eigenvalue weighted by Crippen LogP contribution is -2.68. The molecule has 68 heavy (non-hydrogen) atoms. The van der Waals surface area contributed by atoms with Gasteiger partial charge in [-0.15, -0.1) is 0 Å². The Morgan fingerprint density at radius 2 is 1.21 bits per heavy atom. The van der Waals surface area contributed by atoms with Gasteiger partial charge in [0.25, 0.3) is 0 Å². The number of rotatable bonds is 11. The minimum absolute atomic E-state index is 0.0192. The number of ether oxygens (including phenoxy) is 6. The molecule has 0 amide bonds. The summed E-state index contributed by atoms with van der Waals surface area (Å²) >= 11 is 0. The standard InChI is InChI=1S/C48H76O20/c1-43(2)13-15-48(42(61)62)16-14-46(5)21(22(48)17-43)7-8-26-44(3)11-10-27(45(4,20-51)25(44)9-12-47(26,46)6)65-41-34(58)36(32(56)37(68-41)38(59)60)67-40-33(57)35(29(53)24(19-50)64-40)66-39-31(55)30(54)28(52)23(18-49)63-39/h7,22-37,39-41,49-58H,8-20H2,1-6H3,(H,59,60)(H,61,62). The predicted octanol–water partition coefficient (Wildman–Crippen LogP) is -0.229. The number of aliphatic hydroxyl groups is 10. The summed E-state index contributed by atoms with van der Waals surface area (Å²) in [4.78, 5) is 25.7. The van der Waals surface area contributed by atoms with E-state index in [1.54, 1.807) is 0 Å². The van der Waals surface area contributed by atoms with Crippen LogP contribution < -0.4 is 0 Å². The van der Waals surface area contributed by atoms with Crippen molar-refractivity contribution < 1.29 is 99.3 Å². The molecule has 8 rings (SSSR count). The van der Waals surface area contributed by atoms with E-state index in [1.165, 1.54) is 5.57 Å². The topological polar surface area (TPSA) is 332 Å². The van der Waals surface area contributed by atoms with Crippen molar-refractivity contribution in [2.45, 2.75) is 204 Å². The summed E-state index contributed by atoms with van der Waals surface area (Å²) in [5.41, 5.74) is -1.17. The first-order chi connectivity index (χ1) is 31.8. The zero-order chi connectivity index (χ0) is 49.8. The molecule has 0 bridgehead atoms. The van der Waals surface area contributed by atoms with E-state index < -0.39 is 134 Å². The number of fused-ring (bicyclic) bond motifs is 7. The maximum absolute atomic E-state index is 13.1. The van der Waals surface area contributed by atoms with Gasteiger partial charge in [-0.05, 0) is 104 Å². The smallest absolute Gasteiger partial charge is 0.335 e. The molecule has 3 saturated heterocycles. The lowest BCUT2D eigenvalue weighted by atomic mass is 9.33. The maximum atomic E-state index is 13.1. The quantitative estimate of drug-likeness (QED) is 0.0940. The molecule has 24 unspecified atom stereocenters. The Hall–Kier alpha value is -1.96. The van der Waals surface area contributed by atoms with Crippen molar-refractivity contribution >= 4 is 11.9 Å². The van der Waals surface area contributed by atoms with Crippen LogP contribution in [0.1, 0.15) is 106 Å². The molecule has 7 fully saturated rings. The predicted molar refractivity (Wildman–Crippen MR) is 233 cm³/mol. The number of carbonyl (C=O) groups is 2. The third-order valence-electron chi connectivity index (χ3n) is 19.5. The number of aliphatic carboxylic acids is 2. The highest BCUT2D eigenvalue weighted by molar-refractivity contribution is 5.76. The van der Waals surface area contributed by atoms with Crippen LogP contribution in [0, 0.1) is 50.2 Å². The van der Waals surface area contributed by atoms with E-state index in [9.17, 15) is 70.9 Å². The molecule has 3 heterocycles. The van der Waals surface area contributed by atoms with E-state index in [4.69, 9.17) is 28.4 Å². The second-order valence-corrected chi connectivity index (χ2v) is 23.4. The molecule has 5 aliphatic carbocycles. The molecule has 0 radical (unpaired) electrons. The van der Waals surface area contributed by atoms with Gasteiger partial charge in [0.15, 0.2) is 25.0 Å². The number of carboxylic acids is 2. The van der Waals surface area contributed by atoms with Gasteiger partial charge >= 0.3 is 11.9 Å². The zero-order valence-electron chi connectivity index (χ0n) is 39.9. The number of hydrogen-bond acceptors (Lipinski definition) is 18. The van der Waals surface area contributed by atoms with Crippen molar-refractivity contribution in [3.05, 3.63) is 11.6 Å². The SMILES string of the molecule is CC1(C)CCC2(C(=O)O)CCC3(C)C(=CCC4C5(C)CCC(OC6OC(C(=O)O)C(O)C(OC7OC(CO)C(O)C(OC8OC(CO)C(O)C(O)C8O)C7O)C6O)C(C)(CO)C5CCC43C)C2C1. The summed E-state index contributed by atoms with van der Waals surface area (Å²) in [6, 6.07) is 0. The molecule has 388 valence electrons. The normalized spacial score (nSPS) is 53.5. The molecule has 0 aromatic rings. The monoisotopic (exact) mass is 972 g/mol. The van der Waals surface area contributed by atoms with Crippen LogP contribution in [0.15, 0.2) is 11.6 Å². The van der Waals surface area contributed by atoms with Crippen LogP contribution in [0.25, 0.3) is 0 Å². The summed E-state index contributed by atoms with van der Waals surface area (Å²) < 4.78 is 34.9. The highest BCUT2D eigenvalue weighted by Crippen LogP contribution is 2.76. The summed E-state index contributed by atoms with van der Waals surface area (Å²) in [5, 5.41) is 129. The molecule has 8 aliphatic rings. The minimum atomic E-state index is -2.11. The first-order valence-corrected chi connectivity index (χ1v) is 24.5. The second kappa shape index (κ2) is 18.5. The van der Waals surface area contributed by atoms with Crippen LogP contribution in [-0.2, 0) is 38.0 Å². The molecule has 0 aromatic carbocycles. The van der Waals surface area contributed by atoms with Crippen molar-refractivity contribution in [1.29, 1.82) is 0 Å². The van der Waals surface area contributed by atoms with Crippen molar-refractivity contribution in [3.63, 3.8) is 0 Å². The number of carboxylic acid groups (broad SMARTS) is 2. The number of hydrogen-bond donors (Lipinski definition) is 12. The Bertz CT molecular complexity index is 1900. The molecule has 3 aliphatic heterocycles. The first-order valence-electron chi connectivity index (χ1n) is 24.5. The molecule has 24 atom stereocenters. The van der Waals surface area contributed by atoms with Crippen LogP contribution in [0.4, 0.5) is 0 Å². The average molecular weight is 973 g/mol. The lowest BCUT2D eigenvalue weighted by Gasteiger charge is -2.71. The van der Waals surface area contributed by atoms with Crippen molar-refractivity contribution in [3.8, 4) is 0 Å². The van der Waals surface area contributed by atoms with E-state index in [1.807, 2.05) is 6.92 Å². The Labute approximate surface area is 396 Å². The Balaban J connectivity index is 1.02. The van der Waals surface area contributed by atoms with E-state index >= 15 is 0 Å². The average Bonchev–Trinajstić information content (AvgIpc) is 3.28. The van der Waals surface area contributed by atoms with Gasteiger partial charge in [0, 0.05) is 5.41 Å². The van der Waals surface area contributed by atoms with Gasteiger partial charge in [-0.3, -0.25) is 4.79 Å². The van der Waals surface area contributed by atoms with Crippen LogP contribution in [-0.4, -0.2) is 191 Å². The van der Waals surface area contributed by atoms with E-state index in [-0.39, 0.29) is 46.0 Å². The van der Waals surface area contributed by atoms with Gasteiger partial charge in [-0.1, -0.05) is 53.2 Å². The highest BCUT2D eigenvalue weighted by atomic mass is 16.8. The highest BCUT2D eigenvalue weighted by Gasteiger charge is 2.70. The Morgan fingerprint density at radius 3 is 1.79 bits per heavy atom. The summed E-state index contributed by atoms with van der Waals surface area (Å²) in [6.07, 6.45) is -19.3. The molecule has 4 saturated carbocycles. The van der Waals surface area contributed by atoms with Crippen molar-refractivity contribution in [1.82, 2.24) is 0 Å². The lowest BCUT2D eigenvalue weighted by molar-refractivity contribution is -0.383.